The summed E-state index contributed by atoms with van der Waals surface area (Å²) < 4.78 is 0. The van der Waals surface area contributed by atoms with Gasteiger partial charge < -0.3 is 15.3 Å². The van der Waals surface area contributed by atoms with Crippen LogP contribution in [-0.2, 0) is 27.2 Å². The number of likely N-dealkylation sites (tertiary alicyclic amines) is 1. The molecule has 0 saturated carbocycles. The highest BCUT2D eigenvalue weighted by molar-refractivity contribution is 7.81. The van der Waals surface area contributed by atoms with Crippen LogP contribution in [0, 0.1) is 0 Å². The van der Waals surface area contributed by atoms with Gasteiger partial charge in [-0.05, 0) is 41.2 Å². The molecule has 0 bridgehead atoms. The molecule has 3 aromatic rings. The van der Waals surface area contributed by atoms with Gasteiger partial charge in [-0.25, -0.2) is 4.79 Å². The maximum Gasteiger partial charge on any atom is 0.326 e. The lowest BCUT2D eigenvalue weighted by atomic mass is 10.00. The van der Waals surface area contributed by atoms with Gasteiger partial charge in [0.1, 0.15) is 12.1 Å². The summed E-state index contributed by atoms with van der Waals surface area (Å²) >= 11 is 4.48. The first-order chi connectivity index (χ1) is 16.4. The second-order valence-electron chi connectivity index (χ2n) is 8.68. The predicted octanol–water partition coefficient (Wildman–Crippen LogP) is 3.48. The summed E-state index contributed by atoms with van der Waals surface area (Å²) in [6.07, 6.45) is 1.74. The average Bonchev–Trinajstić information content (AvgIpc) is 3.34. The van der Waals surface area contributed by atoms with Crippen molar-refractivity contribution < 1.29 is 19.5 Å². The number of nitrogens with zero attached hydrogens (tertiary/aromatic N) is 1. The summed E-state index contributed by atoms with van der Waals surface area (Å²) in [5.41, 5.74) is 1.86. The molecule has 34 heavy (non-hydrogen) atoms. The van der Waals surface area contributed by atoms with Crippen LogP contribution in [-0.4, -0.2) is 51.7 Å². The Morgan fingerprint density at radius 1 is 0.941 bits per heavy atom. The number of rotatable bonds is 8. The van der Waals surface area contributed by atoms with Crippen molar-refractivity contribution in [3.05, 3.63) is 83.9 Å². The van der Waals surface area contributed by atoms with E-state index in [9.17, 15) is 19.5 Å². The summed E-state index contributed by atoms with van der Waals surface area (Å²) in [6, 6.07) is 21.7. The Balaban J connectivity index is 1.55. The van der Waals surface area contributed by atoms with E-state index in [0.29, 0.717) is 25.8 Å². The summed E-state index contributed by atoms with van der Waals surface area (Å²) in [5.74, 6) is -1.73. The molecule has 0 spiro atoms. The molecular weight excluding hydrogens is 448 g/mol. The number of carboxylic acids is 1. The van der Waals surface area contributed by atoms with Crippen LogP contribution >= 0.6 is 12.6 Å². The first kappa shape index (κ1) is 23.8. The van der Waals surface area contributed by atoms with E-state index in [1.165, 1.54) is 4.90 Å². The molecule has 6 nitrogen and oxygen atoms in total. The molecule has 4 rings (SSSR count). The van der Waals surface area contributed by atoms with Crippen LogP contribution in [0.4, 0.5) is 0 Å². The van der Waals surface area contributed by atoms with Crippen LogP contribution in [0.3, 0.4) is 0 Å². The van der Waals surface area contributed by atoms with E-state index >= 15 is 0 Å². The van der Waals surface area contributed by atoms with E-state index in [0.717, 1.165) is 21.9 Å². The first-order valence-electron chi connectivity index (χ1n) is 11.5. The van der Waals surface area contributed by atoms with Crippen molar-refractivity contribution >= 4 is 41.2 Å². The highest BCUT2D eigenvalue weighted by Crippen LogP contribution is 2.22. The summed E-state index contributed by atoms with van der Waals surface area (Å²) in [7, 11) is 0. The molecule has 0 unspecified atom stereocenters. The van der Waals surface area contributed by atoms with Gasteiger partial charge >= 0.3 is 5.97 Å². The molecule has 1 heterocycles. The maximum absolute atomic E-state index is 13.5. The third kappa shape index (κ3) is 5.59. The SMILES string of the molecule is O=C(N[C@@H](Cc1ccc2ccccc2c1)C(=O)N1CCC[C@H]1C(=O)O)[C@@H](S)Cc1ccccc1. The monoisotopic (exact) mass is 476 g/mol. The van der Waals surface area contributed by atoms with E-state index in [-0.39, 0.29) is 18.2 Å². The predicted molar refractivity (Wildman–Crippen MR) is 135 cm³/mol. The number of carbonyl (C=O) groups is 3. The van der Waals surface area contributed by atoms with Crippen molar-refractivity contribution in [2.45, 2.75) is 43.0 Å². The number of benzene rings is 3. The Bertz CT molecular complexity index is 1180. The van der Waals surface area contributed by atoms with Gasteiger partial charge in [0.25, 0.3) is 0 Å². The minimum absolute atomic E-state index is 0.268. The number of fused-ring (bicyclic) bond motifs is 1. The van der Waals surface area contributed by atoms with Crippen LogP contribution < -0.4 is 5.32 Å². The van der Waals surface area contributed by atoms with Gasteiger partial charge in [-0.3, -0.25) is 9.59 Å². The lowest BCUT2D eigenvalue weighted by molar-refractivity contribution is -0.149. The van der Waals surface area contributed by atoms with Crippen LogP contribution in [0.2, 0.25) is 0 Å². The molecular formula is C27H28N2O4S. The first-order valence-corrected chi connectivity index (χ1v) is 12.0. The summed E-state index contributed by atoms with van der Waals surface area (Å²) in [4.78, 5) is 39.6. The van der Waals surface area contributed by atoms with Gasteiger partial charge in [-0.2, -0.15) is 12.6 Å². The van der Waals surface area contributed by atoms with E-state index in [4.69, 9.17) is 0 Å². The zero-order chi connectivity index (χ0) is 24.1. The largest absolute Gasteiger partial charge is 0.480 e. The zero-order valence-electron chi connectivity index (χ0n) is 18.8. The normalized spacial score (nSPS) is 17.3. The number of carboxylic acid groups (broad SMARTS) is 1. The molecule has 0 aliphatic carbocycles. The van der Waals surface area contributed by atoms with Crippen molar-refractivity contribution in [1.29, 1.82) is 0 Å². The number of aliphatic carboxylic acids is 1. The smallest absolute Gasteiger partial charge is 0.326 e. The number of hydrogen-bond donors (Lipinski definition) is 3. The fourth-order valence-corrected chi connectivity index (χ4v) is 4.77. The van der Waals surface area contributed by atoms with Gasteiger partial charge in [-0.1, -0.05) is 72.8 Å². The third-order valence-electron chi connectivity index (χ3n) is 6.26. The van der Waals surface area contributed by atoms with Crippen molar-refractivity contribution in [3.8, 4) is 0 Å². The van der Waals surface area contributed by atoms with Crippen molar-refractivity contribution in [2.24, 2.45) is 0 Å². The molecule has 1 fully saturated rings. The van der Waals surface area contributed by atoms with Crippen LogP contribution in [0.5, 0.6) is 0 Å². The molecule has 1 aliphatic heterocycles. The Morgan fingerprint density at radius 3 is 2.38 bits per heavy atom. The molecule has 0 radical (unpaired) electrons. The van der Waals surface area contributed by atoms with E-state index in [1.807, 2.05) is 72.8 Å². The van der Waals surface area contributed by atoms with E-state index in [2.05, 4.69) is 17.9 Å². The quantitative estimate of drug-likeness (QED) is 0.435. The minimum atomic E-state index is -1.02. The lowest BCUT2D eigenvalue weighted by Crippen LogP contribution is -2.53. The number of nitrogens with one attached hydrogen (secondary N) is 1. The molecule has 2 N–H and O–H groups in total. The standard InChI is InChI=1S/C27H28N2O4S/c30-25(24(34)17-18-7-2-1-3-8-18)28-22(26(31)29-14-6-11-23(29)27(32)33)16-19-12-13-20-9-4-5-10-21(20)15-19/h1-5,7-10,12-13,15,22-24,34H,6,11,14,16-17H2,(H,28,30)(H,32,33)/t22-,23-,24-/m0/s1. The number of hydrogen-bond acceptors (Lipinski definition) is 4. The Labute approximate surface area is 204 Å². The van der Waals surface area contributed by atoms with Gasteiger partial charge in [0.15, 0.2) is 0 Å². The zero-order valence-corrected chi connectivity index (χ0v) is 19.7. The second-order valence-corrected chi connectivity index (χ2v) is 9.30. The molecule has 7 heteroatoms. The number of thiol groups is 1. The van der Waals surface area contributed by atoms with E-state index < -0.39 is 23.3 Å². The third-order valence-corrected chi connectivity index (χ3v) is 6.68. The average molecular weight is 477 g/mol. The Hall–Kier alpha value is -3.32. The molecule has 2 amide bonds. The fraction of sp³-hybridized carbons (Fsp3) is 0.296. The minimum Gasteiger partial charge on any atom is -0.480 e. The molecule has 176 valence electrons. The van der Waals surface area contributed by atoms with Crippen LogP contribution in [0.1, 0.15) is 24.0 Å². The maximum atomic E-state index is 13.5. The van der Waals surface area contributed by atoms with Gasteiger partial charge in [0, 0.05) is 13.0 Å². The molecule has 1 aliphatic rings. The molecule has 3 atom stereocenters. The van der Waals surface area contributed by atoms with Crippen molar-refractivity contribution in [3.63, 3.8) is 0 Å². The molecule has 0 aromatic heterocycles. The number of amides is 2. The Kier molecular flexibility index (Phi) is 7.53. The van der Waals surface area contributed by atoms with Gasteiger partial charge in [0.2, 0.25) is 11.8 Å². The highest BCUT2D eigenvalue weighted by Gasteiger charge is 2.38. The Morgan fingerprint density at radius 2 is 1.65 bits per heavy atom. The van der Waals surface area contributed by atoms with Gasteiger partial charge in [0.05, 0.1) is 5.25 Å². The van der Waals surface area contributed by atoms with Gasteiger partial charge in [-0.15, -0.1) is 0 Å². The van der Waals surface area contributed by atoms with Crippen molar-refractivity contribution in [2.75, 3.05) is 6.54 Å². The lowest BCUT2D eigenvalue weighted by Gasteiger charge is -2.28. The fourth-order valence-electron chi connectivity index (χ4n) is 4.49. The molecule has 1 saturated heterocycles. The highest BCUT2D eigenvalue weighted by atomic mass is 32.1. The topological polar surface area (TPSA) is 86.7 Å². The second kappa shape index (κ2) is 10.7. The van der Waals surface area contributed by atoms with E-state index in [1.54, 1.807) is 0 Å². The molecule has 3 aromatic carbocycles. The summed E-state index contributed by atoms with van der Waals surface area (Å²) in [5, 5.41) is 13.9. The summed E-state index contributed by atoms with van der Waals surface area (Å²) in [6.45, 7) is 0.369. The van der Waals surface area contributed by atoms with Crippen LogP contribution in [0.25, 0.3) is 10.8 Å². The van der Waals surface area contributed by atoms with Crippen LogP contribution in [0.15, 0.2) is 72.8 Å². The number of carbonyl (C=O) groups excluding carboxylic acids is 2. The van der Waals surface area contributed by atoms with Crippen molar-refractivity contribution in [1.82, 2.24) is 10.2 Å².